The van der Waals surface area contributed by atoms with E-state index in [-0.39, 0.29) is 5.41 Å². The lowest BCUT2D eigenvalue weighted by Crippen LogP contribution is -2.28. The zero-order valence-electron chi connectivity index (χ0n) is 29.9. The molecular weight excluding hydrogens is 649 g/mol. The van der Waals surface area contributed by atoms with Gasteiger partial charge in [-0.3, -0.25) is 13.7 Å². The van der Waals surface area contributed by atoms with Crippen LogP contribution >= 0.6 is 0 Å². The number of nitrogens with zero attached hydrogens (tertiary/aromatic N) is 4. The fraction of sp³-hybridized carbons (Fsp3) is 0.0833. The SMILES string of the molecule is CC(C)(C)c1ccnc(-n2c3ccccc3c3ccc(Oc4cccc(-n5[c-][n+](-c6ccc(-c7ccccc7)c(-c7ccccc7)c6)cc5)c4)cc32)c1. The predicted molar refractivity (Wildman–Crippen MR) is 214 cm³/mol. The van der Waals surface area contributed by atoms with Crippen molar-refractivity contribution in [2.75, 3.05) is 0 Å². The maximum atomic E-state index is 6.56. The summed E-state index contributed by atoms with van der Waals surface area (Å²) in [4.78, 5) is 4.83. The number of pyridine rings is 1. The van der Waals surface area contributed by atoms with E-state index in [9.17, 15) is 0 Å². The van der Waals surface area contributed by atoms with Gasteiger partial charge in [-0.1, -0.05) is 112 Å². The molecule has 3 aromatic heterocycles. The van der Waals surface area contributed by atoms with Crippen LogP contribution in [0.15, 0.2) is 176 Å². The maximum Gasteiger partial charge on any atom is 0.268 e. The summed E-state index contributed by atoms with van der Waals surface area (Å²) in [7, 11) is 0. The molecule has 0 saturated carbocycles. The largest absolute Gasteiger partial charge is 0.458 e. The summed E-state index contributed by atoms with van der Waals surface area (Å²) in [6.45, 7) is 6.69. The third-order valence-electron chi connectivity index (χ3n) is 9.85. The van der Waals surface area contributed by atoms with E-state index in [1.807, 2.05) is 52.0 Å². The Balaban J connectivity index is 1.04. The number of benzene rings is 6. The zero-order valence-corrected chi connectivity index (χ0v) is 29.9. The molecule has 0 aliphatic rings. The van der Waals surface area contributed by atoms with E-state index in [1.165, 1.54) is 33.2 Å². The average molecular weight is 687 g/mol. The molecule has 6 aromatic carbocycles. The van der Waals surface area contributed by atoms with Gasteiger partial charge in [0.2, 0.25) is 0 Å². The van der Waals surface area contributed by atoms with Crippen molar-refractivity contribution >= 4 is 21.8 Å². The third kappa shape index (κ3) is 6.17. The molecule has 0 N–H and O–H groups in total. The summed E-state index contributed by atoms with van der Waals surface area (Å²) in [5.74, 6) is 2.39. The molecule has 0 fully saturated rings. The van der Waals surface area contributed by atoms with Crippen LogP contribution in [-0.2, 0) is 5.41 Å². The highest BCUT2D eigenvalue weighted by Crippen LogP contribution is 2.36. The van der Waals surface area contributed by atoms with Gasteiger partial charge in [0, 0.05) is 35.4 Å². The lowest BCUT2D eigenvalue weighted by molar-refractivity contribution is -0.599. The minimum atomic E-state index is 0.00422. The summed E-state index contributed by atoms with van der Waals surface area (Å²) in [6, 6.07) is 54.9. The molecule has 9 rings (SSSR count). The van der Waals surface area contributed by atoms with Gasteiger partial charge in [0.05, 0.1) is 22.4 Å². The molecule has 256 valence electrons. The first kappa shape index (κ1) is 32.2. The van der Waals surface area contributed by atoms with E-state index in [0.717, 1.165) is 45.1 Å². The first-order valence-corrected chi connectivity index (χ1v) is 18.0. The van der Waals surface area contributed by atoms with Gasteiger partial charge in [0.1, 0.15) is 17.3 Å². The number of hydrogen-bond donors (Lipinski definition) is 0. The molecule has 5 heteroatoms. The number of hydrogen-bond acceptors (Lipinski definition) is 2. The predicted octanol–water partition coefficient (Wildman–Crippen LogP) is 11.5. The molecule has 0 amide bonds. The molecular formula is C48H38N4O. The van der Waals surface area contributed by atoms with Gasteiger partial charge < -0.3 is 4.74 Å². The van der Waals surface area contributed by atoms with Gasteiger partial charge >= 0.3 is 0 Å². The van der Waals surface area contributed by atoms with Crippen molar-refractivity contribution in [2.45, 2.75) is 26.2 Å². The molecule has 5 nitrogen and oxygen atoms in total. The van der Waals surface area contributed by atoms with Crippen LogP contribution in [-0.4, -0.2) is 14.1 Å². The molecule has 0 saturated heterocycles. The van der Waals surface area contributed by atoms with Crippen LogP contribution in [0.4, 0.5) is 0 Å². The number of imidazole rings is 1. The fourth-order valence-electron chi connectivity index (χ4n) is 7.11. The summed E-state index contributed by atoms with van der Waals surface area (Å²) in [5.41, 5.74) is 10.1. The second-order valence-corrected chi connectivity index (χ2v) is 14.4. The topological polar surface area (TPSA) is 35.9 Å². The summed E-state index contributed by atoms with van der Waals surface area (Å²) in [5, 5.41) is 2.34. The van der Waals surface area contributed by atoms with E-state index in [0.29, 0.717) is 0 Å². The van der Waals surface area contributed by atoms with Crippen molar-refractivity contribution < 1.29 is 9.30 Å². The first-order valence-electron chi connectivity index (χ1n) is 18.0. The van der Waals surface area contributed by atoms with Gasteiger partial charge in [-0.2, -0.15) is 0 Å². The Morgan fingerprint density at radius 2 is 1.32 bits per heavy atom. The van der Waals surface area contributed by atoms with Crippen LogP contribution in [0.1, 0.15) is 26.3 Å². The molecule has 9 aromatic rings. The third-order valence-corrected chi connectivity index (χ3v) is 9.85. The molecule has 3 heterocycles. The van der Waals surface area contributed by atoms with E-state index < -0.39 is 0 Å². The number of para-hydroxylation sites is 1. The number of aromatic nitrogens is 4. The van der Waals surface area contributed by atoms with Crippen molar-refractivity contribution in [3.8, 4) is 50.9 Å². The number of fused-ring (bicyclic) bond motifs is 3. The Morgan fingerprint density at radius 3 is 2.11 bits per heavy atom. The van der Waals surface area contributed by atoms with Crippen molar-refractivity contribution in [3.63, 3.8) is 0 Å². The Morgan fingerprint density at radius 1 is 0.604 bits per heavy atom. The van der Waals surface area contributed by atoms with Gasteiger partial charge in [-0.25, -0.2) is 4.98 Å². The molecule has 0 bridgehead atoms. The zero-order chi connectivity index (χ0) is 35.9. The van der Waals surface area contributed by atoms with Crippen molar-refractivity contribution in [3.05, 3.63) is 188 Å². The van der Waals surface area contributed by atoms with Crippen LogP contribution in [0, 0.1) is 6.33 Å². The standard InChI is InChI=1S/C48H38N4O/c1-48(2,3)36-25-26-49-47(29-36)52-45-20-11-10-19-42(45)43-24-22-40(32-46(43)52)53-39-18-12-17-37(30-39)50-27-28-51(33-50)38-21-23-41(34-13-6-4-7-14-34)44(31-38)35-15-8-5-9-16-35/h4-32H,1-3H3. The van der Waals surface area contributed by atoms with Crippen LogP contribution in [0.25, 0.3) is 61.3 Å². The molecule has 0 spiro atoms. The quantitative estimate of drug-likeness (QED) is 0.124. The molecule has 53 heavy (non-hydrogen) atoms. The minimum absolute atomic E-state index is 0.00422. The van der Waals surface area contributed by atoms with Gasteiger partial charge in [-0.05, 0) is 93.9 Å². The highest BCUT2D eigenvalue weighted by atomic mass is 16.5. The van der Waals surface area contributed by atoms with Crippen molar-refractivity contribution in [2.24, 2.45) is 0 Å². The Labute approximate surface area is 309 Å². The van der Waals surface area contributed by atoms with Gasteiger partial charge in [0.15, 0.2) is 0 Å². The number of ether oxygens (including phenoxy) is 1. The lowest BCUT2D eigenvalue weighted by Gasteiger charge is -2.20. The van der Waals surface area contributed by atoms with Crippen LogP contribution in [0.2, 0.25) is 0 Å². The van der Waals surface area contributed by atoms with E-state index in [4.69, 9.17) is 9.72 Å². The molecule has 0 unspecified atom stereocenters. The maximum absolute atomic E-state index is 6.56. The Hall–Kier alpha value is -6.72. The normalized spacial score (nSPS) is 11.7. The van der Waals surface area contributed by atoms with E-state index >= 15 is 0 Å². The molecule has 0 atom stereocenters. The number of rotatable bonds is 7. The smallest absolute Gasteiger partial charge is 0.268 e. The lowest BCUT2D eigenvalue weighted by atomic mass is 9.88. The fourth-order valence-corrected chi connectivity index (χ4v) is 7.11. The first-order chi connectivity index (χ1) is 25.9. The Bertz CT molecular complexity index is 2740. The van der Waals surface area contributed by atoms with E-state index in [1.54, 1.807) is 0 Å². The second kappa shape index (κ2) is 13.1. The highest BCUT2D eigenvalue weighted by molar-refractivity contribution is 6.09. The summed E-state index contributed by atoms with van der Waals surface area (Å²) in [6.07, 6.45) is 9.49. The van der Waals surface area contributed by atoms with Crippen molar-refractivity contribution in [1.82, 2.24) is 14.1 Å². The monoisotopic (exact) mass is 686 g/mol. The Kier molecular flexibility index (Phi) is 7.97. The van der Waals surface area contributed by atoms with Crippen LogP contribution < -0.4 is 9.30 Å². The molecule has 0 aliphatic heterocycles. The molecule has 0 radical (unpaired) electrons. The van der Waals surface area contributed by atoms with Crippen LogP contribution in [0.5, 0.6) is 11.5 Å². The van der Waals surface area contributed by atoms with Gasteiger partial charge in [0.25, 0.3) is 6.33 Å². The minimum Gasteiger partial charge on any atom is -0.458 e. The molecule has 0 aliphatic carbocycles. The van der Waals surface area contributed by atoms with E-state index in [2.05, 4.69) is 165 Å². The second-order valence-electron chi connectivity index (χ2n) is 14.4. The average Bonchev–Trinajstić information content (AvgIpc) is 3.82. The van der Waals surface area contributed by atoms with Gasteiger partial charge in [-0.15, -0.1) is 0 Å². The summed E-state index contributed by atoms with van der Waals surface area (Å²) < 4.78 is 12.8. The highest BCUT2D eigenvalue weighted by Gasteiger charge is 2.18. The van der Waals surface area contributed by atoms with Crippen molar-refractivity contribution in [1.29, 1.82) is 0 Å². The summed E-state index contributed by atoms with van der Waals surface area (Å²) >= 11 is 0. The van der Waals surface area contributed by atoms with Crippen LogP contribution in [0.3, 0.4) is 0 Å².